The van der Waals surface area contributed by atoms with Crippen LogP contribution in [0.15, 0.2) is 83.9 Å². The molecule has 0 saturated heterocycles. The van der Waals surface area contributed by atoms with Crippen LogP contribution in [-0.4, -0.2) is 25.4 Å². The number of rotatable bonds is 6. The molecule has 4 aromatic rings. The van der Waals surface area contributed by atoms with Gasteiger partial charge >= 0.3 is 25.4 Å². The lowest BCUT2D eigenvalue weighted by atomic mass is 9.83. The largest absolute Gasteiger partial charge is 0.573 e. The molecule has 292 valence electrons. The van der Waals surface area contributed by atoms with E-state index in [2.05, 4.69) is 18.9 Å². The lowest BCUT2D eigenvalue weighted by Gasteiger charge is -2.20. The van der Waals surface area contributed by atoms with Crippen LogP contribution in [0, 0.1) is 45.3 Å². The number of nitrogens with zero attached hydrogens (tertiary/aromatic N) is 4. The van der Waals surface area contributed by atoms with Crippen molar-refractivity contribution in [3.8, 4) is 69.5 Å². The van der Waals surface area contributed by atoms with Gasteiger partial charge in [0.05, 0.1) is 0 Å². The van der Waals surface area contributed by atoms with Crippen LogP contribution in [0.2, 0.25) is 0 Å². The van der Waals surface area contributed by atoms with Crippen molar-refractivity contribution >= 4 is 22.3 Å². The van der Waals surface area contributed by atoms with Crippen molar-refractivity contribution in [3.63, 3.8) is 0 Å². The molecule has 0 spiro atoms. The van der Waals surface area contributed by atoms with E-state index in [0.717, 1.165) is 12.1 Å². The lowest BCUT2D eigenvalue weighted by Crippen LogP contribution is -2.21. The second-order valence-electron chi connectivity index (χ2n) is 11.7. The zero-order chi connectivity index (χ0) is 42.5. The number of halogens is 12. The van der Waals surface area contributed by atoms with Crippen molar-refractivity contribution in [3.05, 3.63) is 106 Å². The van der Waals surface area contributed by atoms with Gasteiger partial charge in [0.15, 0.2) is 23.0 Å². The molecule has 0 radical (unpaired) electrons. The molecule has 0 fully saturated rings. The van der Waals surface area contributed by atoms with E-state index in [0.29, 0.717) is 24.3 Å². The van der Waals surface area contributed by atoms with Crippen LogP contribution in [0.5, 0.6) is 23.0 Å². The summed E-state index contributed by atoms with van der Waals surface area (Å²) in [6.07, 6.45) is -21.9. The van der Waals surface area contributed by atoms with Crippen molar-refractivity contribution in [2.45, 2.75) is 25.4 Å². The molecule has 0 N–H and O–H groups in total. The van der Waals surface area contributed by atoms with Gasteiger partial charge in [0.2, 0.25) is 0 Å². The van der Waals surface area contributed by atoms with E-state index in [1.165, 1.54) is 36.4 Å². The van der Waals surface area contributed by atoms with E-state index in [1.54, 1.807) is 24.3 Å². The summed E-state index contributed by atoms with van der Waals surface area (Å²) in [4.78, 5) is 0. The molecule has 58 heavy (non-hydrogen) atoms. The molecule has 8 nitrogen and oxygen atoms in total. The number of fused-ring (bicyclic) bond motifs is 4. The van der Waals surface area contributed by atoms with Crippen LogP contribution in [0.25, 0.3) is 44.5 Å². The van der Waals surface area contributed by atoms with Gasteiger partial charge in [0.25, 0.3) is 0 Å². The first kappa shape index (κ1) is 40.1. The number of hydrogen-bond donors (Lipinski definition) is 0. The number of nitriles is 4. The van der Waals surface area contributed by atoms with Crippen LogP contribution in [-0.2, 0) is 0 Å². The second-order valence-corrected chi connectivity index (χ2v) is 11.7. The van der Waals surface area contributed by atoms with Crippen molar-refractivity contribution in [1.29, 1.82) is 21.0 Å². The molecule has 0 aliphatic heterocycles. The molecule has 20 heteroatoms. The average Bonchev–Trinajstić information content (AvgIpc) is 3.62. The smallest absolute Gasteiger partial charge is 0.402 e. The summed E-state index contributed by atoms with van der Waals surface area (Å²) in [5.74, 6) is -5.63. The standard InChI is InChI=1S/C38H12F12N4O4/c39-35(40,41)55-25-9-7-17(11-27(25)57-37(45,46)47)21-3-1-5-23-31(21)29(19(13-51)14-52)34-24-6-2-4-22(32(24)30(33(23)34)20(15-53)16-54)18-8-10-26(56-36(42,43)44)28(12-18)58-38(48,49)50/h1-12H. The summed E-state index contributed by atoms with van der Waals surface area (Å²) in [6, 6.07) is 18.7. The molecule has 2 aliphatic rings. The number of benzene rings is 4. The van der Waals surface area contributed by atoms with Crippen molar-refractivity contribution < 1.29 is 71.6 Å². The predicted molar refractivity (Wildman–Crippen MR) is 174 cm³/mol. The Labute approximate surface area is 316 Å². The Hall–Kier alpha value is -7.58. The topological polar surface area (TPSA) is 132 Å². The summed E-state index contributed by atoms with van der Waals surface area (Å²) in [5, 5.41) is 40.6. The van der Waals surface area contributed by atoms with E-state index in [9.17, 15) is 73.7 Å². The Balaban J connectivity index is 1.64. The minimum absolute atomic E-state index is 0.0228. The number of ether oxygens (including phenoxy) is 4. The van der Waals surface area contributed by atoms with Gasteiger partial charge in [-0.25, -0.2) is 0 Å². The quantitative estimate of drug-likeness (QED) is 0.139. The van der Waals surface area contributed by atoms with Gasteiger partial charge in [-0.2, -0.15) is 21.0 Å². The van der Waals surface area contributed by atoms with Gasteiger partial charge in [-0.15, -0.1) is 52.7 Å². The number of alkyl halides is 12. The van der Waals surface area contributed by atoms with Crippen LogP contribution >= 0.6 is 0 Å². The molecule has 6 rings (SSSR count). The summed E-state index contributed by atoms with van der Waals surface area (Å²) in [5.41, 5.74) is -2.69. The normalized spacial score (nSPS) is 13.3. The van der Waals surface area contributed by atoms with Crippen LogP contribution in [0.1, 0.15) is 22.3 Å². The molecule has 0 heterocycles. The maximum atomic E-state index is 13.4. The minimum Gasteiger partial charge on any atom is -0.402 e. The van der Waals surface area contributed by atoms with Gasteiger partial charge < -0.3 is 18.9 Å². The van der Waals surface area contributed by atoms with E-state index in [4.69, 9.17) is 0 Å². The molecule has 0 amide bonds. The Morgan fingerprint density at radius 1 is 0.397 bits per heavy atom. The maximum Gasteiger partial charge on any atom is 0.573 e. The second kappa shape index (κ2) is 14.2. The molecular weight excluding hydrogens is 804 g/mol. The molecule has 0 atom stereocenters. The molecule has 4 aromatic carbocycles. The third-order valence-electron chi connectivity index (χ3n) is 8.28. The van der Waals surface area contributed by atoms with Crippen LogP contribution in [0.3, 0.4) is 0 Å². The predicted octanol–water partition coefficient (Wildman–Crippen LogP) is 11.2. The highest BCUT2D eigenvalue weighted by Crippen LogP contribution is 2.62. The Morgan fingerprint density at radius 3 is 0.983 bits per heavy atom. The van der Waals surface area contributed by atoms with E-state index in [1.807, 2.05) is 0 Å². The minimum atomic E-state index is -5.51. The first-order valence-electron chi connectivity index (χ1n) is 15.5. The first-order valence-corrected chi connectivity index (χ1v) is 15.5. The fraction of sp³-hybridized carbons (Fsp3) is 0.105. The number of allylic oxidation sites excluding steroid dienone is 6. The summed E-state index contributed by atoms with van der Waals surface area (Å²) in [7, 11) is 0. The maximum absolute atomic E-state index is 13.4. The van der Waals surface area contributed by atoms with E-state index >= 15 is 0 Å². The van der Waals surface area contributed by atoms with Crippen molar-refractivity contribution in [2.75, 3.05) is 0 Å². The third-order valence-corrected chi connectivity index (χ3v) is 8.28. The fourth-order valence-electron chi connectivity index (χ4n) is 6.53. The van der Waals surface area contributed by atoms with Gasteiger partial charge in [-0.05, 0) is 57.6 Å². The highest BCUT2D eigenvalue weighted by Gasteiger charge is 2.43. The molecular formula is C38H12F12N4O4. The van der Waals surface area contributed by atoms with Gasteiger partial charge in [-0.3, -0.25) is 0 Å². The fourth-order valence-corrected chi connectivity index (χ4v) is 6.53. The van der Waals surface area contributed by atoms with Crippen LogP contribution in [0.4, 0.5) is 52.7 Å². The average molecular weight is 817 g/mol. The zero-order valence-corrected chi connectivity index (χ0v) is 27.9. The summed E-state index contributed by atoms with van der Waals surface area (Å²) < 4.78 is 174. The van der Waals surface area contributed by atoms with E-state index < -0.39 is 59.6 Å². The summed E-state index contributed by atoms with van der Waals surface area (Å²) >= 11 is 0. The summed E-state index contributed by atoms with van der Waals surface area (Å²) in [6.45, 7) is 0. The van der Waals surface area contributed by atoms with Gasteiger partial charge in [0.1, 0.15) is 35.4 Å². The Morgan fingerprint density at radius 2 is 0.690 bits per heavy atom. The monoisotopic (exact) mass is 816 g/mol. The SMILES string of the molecule is N#CC(C#N)=C1C2=C(C(=C(C#N)C#N)c3c2cccc3-c2ccc(OC(F)(F)F)c(OC(F)(F)F)c2)c2cccc(-c3ccc(OC(F)(F)F)c(OC(F)(F)F)c3)c21. The van der Waals surface area contributed by atoms with Crippen molar-refractivity contribution in [1.82, 2.24) is 0 Å². The first-order chi connectivity index (χ1) is 27.1. The third kappa shape index (κ3) is 7.76. The lowest BCUT2D eigenvalue weighted by molar-refractivity contribution is -0.287. The Kier molecular flexibility index (Phi) is 9.80. The van der Waals surface area contributed by atoms with E-state index in [-0.39, 0.29) is 66.8 Å². The Bertz CT molecular complexity index is 2460. The van der Waals surface area contributed by atoms with Gasteiger partial charge in [-0.1, -0.05) is 48.5 Å². The molecule has 0 aromatic heterocycles. The molecule has 0 bridgehead atoms. The highest BCUT2D eigenvalue weighted by atomic mass is 19.4. The molecule has 0 unspecified atom stereocenters. The van der Waals surface area contributed by atoms with Crippen LogP contribution < -0.4 is 18.9 Å². The highest BCUT2D eigenvalue weighted by molar-refractivity contribution is 6.39. The van der Waals surface area contributed by atoms with Gasteiger partial charge in [0, 0.05) is 33.4 Å². The zero-order valence-electron chi connectivity index (χ0n) is 27.9. The van der Waals surface area contributed by atoms with Crippen molar-refractivity contribution in [2.24, 2.45) is 0 Å². The molecule has 2 aliphatic carbocycles. The molecule has 0 saturated carbocycles. The number of hydrogen-bond acceptors (Lipinski definition) is 8.